The van der Waals surface area contributed by atoms with Crippen LogP contribution in [-0.4, -0.2) is 42.2 Å². The number of carbonyl (C=O) groups is 1. The predicted octanol–water partition coefficient (Wildman–Crippen LogP) is 3.64. The van der Waals surface area contributed by atoms with E-state index in [1.807, 2.05) is 33.8 Å². The van der Waals surface area contributed by atoms with Gasteiger partial charge in [-0.15, -0.1) is 0 Å². The highest BCUT2D eigenvalue weighted by atomic mass is 16.5. The smallest absolute Gasteiger partial charge is 0.264 e. The fourth-order valence-corrected chi connectivity index (χ4v) is 3.06. The van der Waals surface area contributed by atoms with E-state index in [-0.39, 0.29) is 17.5 Å². The monoisotopic (exact) mass is 343 g/mol. The molecule has 0 aliphatic heterocycles. The van der Waals surface area contributed by atoms with Crippen molar-refractivity contribution in [1.82, 2.24) is 9.47 Å². The number of ether oxygens (including phenoxy) is 1. The number of hydrogen-bond donors (Lipinski definition) is 0. The maximum atomic E-state index is 12.7. The Morgan fingerprint density at radius 2 is 2.16 bits per heavy atom. The van der Waals surface area contributed by atoms with Crippen LogP contribution in [0.15, 0.2) is 23.8 Å². The summed E-state index contributed by atoms with van der Waals surface area (Å²) in [4.78, 5) is 14.3. The van der Waals surface area contributed by atoms with Gasteiger partial charge < -0.3 is 14.2 Å². The van der Waals surface area contributed by atoms with Gasteiger partial charge in [-0.05, 0) is 52.3 Å². The highest BCUT2D eigenvalue weighted by Gasteiger charge is 2.19. The maximum absolute atomic E-state index is 12.7. The van der Waals surface area contributed by atoms with Crippen molar-refractivity contribution in [3.05, 3.63) is 40.7 Å². The highest BCUT2D eigenvalue weighted by Crippen LogP contribution is 2.23. The van der Waals surface area contributed by atoms with Crippen molar-refractivity contribution in [2.75, 3.05) is 26.8 Å². The molecule has 0 saturated carbocycles. The zero-order chi connectivity index (χ0) is 19.1. The van der Waals surface area contributed by atoms with Gasteiger partial charge in [0.15, 0.2) is 0 Å². The number of methoxy groups -OCH3 is 1. The average Bonchev–Trinajstić information content (AvgIpc) is 2.83. The molecule has 0 saturated heterocycles. The molecule has 1 rings (SSSR count). The van der Waals surface area contributed by atoms with Crippen LogP contribution in [0.4, 0.5) is 0 Å². The standard InChI is InChI=1S/C20H29N3O2/c1-8-22(12-14(2)3)20(24)19(11-21)10-18-9-15(4)23(17(18)6)16(5)13-25-7/h9-10,16H,2,8,12-13H2,1,3-7H3/b19-10+/t16-/m1/s1. The second-order valence-corrected chi connectivity index (χ2v) is 6.45. The molecule has 0 aromatic carbocycles. The number of nitriles is 1. The molecule has 5 heteroatoms. The summed E-state index contributed by atoms with van der Waals surface area (Å²) in [5.41, 5.74) is 4.01. The van der Waals surface area contributed by atoms with Crippen LogP contribution in [0.3, 0.4) is 0 Å². The molecule has 5 nitrogen and oxygen atoms in total. The highest BCUT2D eigenvalue weighted by molar-refractivity contribution is 6.01. The second-order valence-electron chi connectivity index (χ2n) is 6.45. The van der Waals surface area contributed by atoms with Gasteiger partial charge in [-0.1, -0.05) is 12.2 Å². The van der Waals surface area contributed by atoms with Crippen LogP contribution in [0.1, 0.15) is 43.8 Å². The van der Waals surface area contributed by atoms with Gasteiger partial charge in [0.1, 0.15) is 11.6 Å². The fraction of sp³-hybridized carbons (Fsp3) is 0.500. The van der Waals surface area contributed by atoms with Crippen LogP contribution >= 0.6 is 0 Å². The molecular formula is C20H29N3O2. The number of likely N-dealkylation sites (N-methyl/N-ethyl adjacent to an activating group) is 1. The number of aromatic nitrogens is 1. The normalized spacial score (nSPS) is 12.6. The number of amides is 1. The zero-order valence-corrected chi connectivity index (χ0v) is 16.2. The molecule has 0 spiro atoms. The molecule has 1 aromatic heterocycles. The van der Waals surface area contributed by atoms with Crippen LogP contribution in [0.5, 0.6) is 0 Å². The van der Waals surface area contributed by atoms with Crippen molar-refractivity contribution >= 4 is 12.0 Å². The van der Waals surface area contributed by atoms with Gasteiger partial charge in [0, 0.05) is 31.6 Å². The van der Waals surface area contributed by atoms with E-state index in [9.17, 15) is 10.1 Å². The molecule has 1 aromatic rings. The Labute approximate surface area is 151 Å². The first-order chi connectivity index (χ1) is 11.8. The Morgan fingerprint density at radius 1 is 1.52 bits per heavy atom. The molecule has 0 bridgehead atoms. The SMILES string of the molecule is C=C(C)CN(CC)C(=O)/C(C#N)=C/c1cc(C)n([C@H](C)COC)c1C. The Kier molecular flexibility index (Phi) is 7.66. The fourth-order valence-electron chi connectivity index (χ4n) is 3.06. The molecule has 136 valence electrons. The molecule has 1 atom stereocenters. The number of nitrogens with zero attached hydrogens (tertiary/aromatic N) is 3. The largest absolute Gasteiger partial charge is 0.383 e. The van der Waals surface area contributed by atoms with Crippen molar-refractivity contribution in [3.8, 4) is 6.07 Å². The Bertz CT molecular complexity index is 707. The number of aryl methyl sites for hydroxylation is 1. The first kappa shape index (κ1) is 20.7. The quantitative estimate of drug-likeness (QED) is 0.411. The summed E-state index contributed by atoms with van der Waals surface area (Å²) >= 11 is 0. The maximum Gasteiger partial charge on any atom is 0.264 e. The summed E-state index contributed by atoms with van der Waals surface area (Å²) in [7, 11) is 1.68. The zero-order valence-electron chi connectivity index (χ0n) is 16.2. The van der Waals surface area contributed by atoms with Gasteiger partial charge >= 0.3 is 0 Å². The molecule has 0 fully saturated rings. The van der Waals surface area contributed by atoms with Gasteiger partial charge in [0.2, 0.25) is 0 Å². The molecule has 0 aliphatic carbocycles. The van der Waals surface area contributed by atoms with Crippen molar-refractivity contribution < 1.29 is 9.53 Å². The first-order valence-electron chi connectivity index (χ1n) is 8.49. The third-order valence-corrected chi connectivity index (χ3v) is 4.15. The van der Waals surface area contributed by atoms with E-state index < -0.39 is 0 Å². The second kappa shape index (κ2) is 9.24. The van der Waals surface area contributed by atoms with Gasteiger partial charge in [-0.25, -0.2) is 0 Å². The summed E-state index contributed by atoms with van der Waals surface area (Å²) in [6.45, 7) is 15.3. The summed E-state index contributed by atoms with van der Waals surface area (Å²) < 4.78 is 7.41. The van der Waals surface area contributed by atoms with Crippen molar-refractivity contribution in [1.29, 1.82) is 5.26 Å². The topological polar surface area (TPSA) is 58.3 Å². The van der Waals surface area contributed by atoms with Gasteiger partial charge in [-0.3, -0.25) is 4.79 Å². The third kappa shape index (κ3) is 5.07. The molecule has 1 amide bonds. The number of rotatable bonds is 8. The van der Waals surface area contributed by atoms with Crippen LogP contribution in [0.2, 0.25) is 0 Å². The van der Waals surface area contributed by atoms with Gasteiger partial charge in [0.25, 0.3) is 5.91 Å². The van der Waals surface area contributed by atoms with Crippen LogP contribution < -0.4 is 0 Å². The lowest BCUT2D eigenvalue weighted by molar-refractivity contribution is -0.126. The van der Waals surface area contributed by atoms with Gasteiger partial charge in [-0.2, -0.15) is 5.26 Å². The van der Waals surface area contributed by atoms with E-state index in [4.69, 9.17) is 4.74 Å². The summed E-state index contributed by atoms with van der Waals surface area (Å²) in [6.07, 6.45) is 1.68. The Morgan fingerprint density at radius 3 is 2.64 bits per heavy atom. The molecular weight excluding hydrogens is 314 g/mol. The van der Waals surface area contributed by atoms with Crippen molar-refractivity contribution in [2.24, 2.45) is 0 Å². The predicted molar refractivity (Wildman–Crippen MR) is 101 cm³/mol. The van der Waals surface area contributed by atoms with E-state index in [1.54, 1.807) is 18.1 Å². The Hall–Kier alpha value is -2.32. The molecule has 0 unspecified atom stereocenters. The lowest BCUT2D eigenvalue weighted by Crippen LogP contribution is -2.33. The first-order valence-corrected chi connectivity index (χ1v) is 8.49. The van der Waals surface area contributed by atoms with Crippen molar-refractivity contribution in [2.45, 2.75) is 40.7 Å². The van der Waals surface area contributed by atoms with E-state index in [0.717, 1.165) is 22.5 Å². The van der Waals surface area contributed by atoms with E-state index in [0.29, 0.717) is 19.7 Å². The molecule has 1 heterocycles. The summed E-state index contributed by atoms with van der Waals surface area (Å²) in [5.74, 6) is -0.261. The minimum absolute atomic E-state index is 0.141. The summed E-state index contributed by atoms with van der Waals surface area (Å²) in [5, 5.41) is 9.48. The lowest BCUT2D eigenvalue weighted by atomic mass is 10.1. The van der Waals surface area contributed by atoms with E-state index in [2.05, 4.69) is 24.1 Å². The molecule has 25 heavy (non-hydrogen) atoms. The minimum atomic E-state index is -0.261. The van der Waals surface area contributed by atoms with Gasteiger partial charge in [0.05, 0.1) is 12.6 Å². The van der Waals surface area contributed by atoms with E-state index >= 15 is 0 Å². The van der Waals surface area contributed by atoms with Crippen LogP contribution in [0.25, 0.3) is 6.08 Å². The summed E-state index contributed by atoms with van der Waals surface area (Å²) in [6, 6.07) is 4.24. The number of hydrogen-bond acceptors (Lipinski definition) is 3. The molecule has 0 aliphatic rings. The number of carbonyl (C=O) groups excluding carboxylic acids is 1. The lowest BCUT2D eigenvalue weighted by Gasteiger charge is -2.20. The molecule has 0 radical (unpaired) electrons. The minimum Gasteiger partial charge on any atom is -0.383 e. The average molecular weight is 343 g/mol. The van der Waals surface area contributed by atoms with Crippen LogP contribution in [0, 0.1) is 25.2 Å². The third-order valence-electron chi connectivity index (χ3n) is 4.15. The Balaban J connectivity index is 3.23. The van der Waals surface area contributed by atoms with Crippen LogP contribution in [-0.2, 0) is 9.53 Å². The van der Waals surface area contributed by atoms with Crippen molar-refractivity contribution in [3.63, 3.8) is 0 Å². The van der Waals surface area contributed by atoms with E-state index in [1.165, 1.54) is 0 Å². The molecule has 0 N–H and O–H groups in total.